The molecule has 5 nitrogen and oxygen atoms in total. The number of ether oxygens (including phenoxy) is 3. The van der Waals surface area contributed by atoms with Gasteiger partial charge >= 0.3 is 5.97 Å². The largest absolute Gasteiger partial charge is 0.460 e. The van der Waals surface area contributed by atoms with E-state index in [0.717, 1.165) is 0 Å². The molecule has 0 unspecified atom stereocenters. The van der Waals surface area contributed by atoms with E-state index in [2.05, 4.69) is 0 Å². The molecule has 1 saturated heterocycles. The SMILES string of the molecule is CC(C)(C)OC(=O)C[C@@]1(CCN)CCOCO1. The van der Waals surface area contributed by atoms with E-state index in [0.29, 0.717) is 26.0 Å². The highest BCUT2D eigenvalue weighted by molar-refractivity contribution is 5.71. The molecule has 100 valence electrons. The van der Waals surface area contributed by atoms with Crippen molar-refractivity contribution >= 4 is 5.97 Å². The van der Waals surface area contributed by atoms with Crippen molar-refractivity contribution in [3.8, 4) is 0 Å². The number of hydrogen-bond acceptors (Lipinski definition) is 5. The predicted molar refractivity (Wildman–Crippen MR) is 63.4 cm³/mol. The van der Waals surface area contributed by atoms with Gasteiger partial charge in [0, 0.05) is 6.42 Å². The van der Waals surface area contributed by atoms with E-state index in [4.69, 9.17) is 19.9 Å². The second-order valence-electron chi connectivity index (χ2n) is 5.41. The van der Waals surface area contributed by atoms with Crippen LogP contribution in [-0.2, 0) is 19.0 Å². The molecule has 0 amide bonds. The number of esters is 1. The Kier molecular flexibility index (Phi) is 4.91. The van der Waals surface area contributed by atoms with Gasteiger partial charge in [-0.25, -0.2) is 0 Å². The average Bonchev–Trinajstić information content (AvgIpc) is 2.15. The third kappa shape index (κ3) is 5.02. The van der Waals surface area contributed by atoms with Crippen LogP contribution in [0.25, 0.3) is 0 Å². The number of carbonyl (C=O) groups is 1. The van der Waals surface area contributed by atoms with Crippen LogP contribution in [0.15, 0.2) is 0 Å². The van der Waals surface area contributed by atoms with Crippen molar-refractivity contribution in [2.75, 3.05) is 19.9 Å². The Morgan fingerprint density at radius 2 is 2.18 bits per heavy atom. The van der Waals surface area contributed by atoms with Gasteiger partial charge in [-0.3, -0.25) is 4.79 Å². The van der Waals surface area contributed by atoms with Gasteiger partial charge < -0.3 is 19.9 Å². The van der Waals surface area contributed by atoms with Gasteiger partial charge in [0.05, 0.1) is 18.6 Å². The normalized spacial score (nSPS) is 25.6. The molecule has 1 rings (SSSR count). The monoisotopic (exact) mass is 245 g/mol. The fourth-order valence-electron chi connectivity index (χ4n) is 1.88. The van der Waals surface area contributed by atoms with E-state index in [1.807, 2.05) is 20.8 Å². The zero-order chi connectivity index (χ0) is 12.9. The molecule has 0 aliphatic carbocycles. The fourth-order valence-corrected chi connectivity index (χ4v) is 1.88. The molecule has 5 heteroatoms. The van der Waals surface area contributed by atoms with Crippen LogP contribution >= 0.6 is 0 Å². The third-order valence-electron chi connectivity index (χ3n) is 2.64. The summed E-state index contributed by atoms with van der Waals surface area (Å²) >= 11 is 0. The summed E-state index contributed by atoms with van der Waals surface area (Å²) in [6.45, 7) is 6.87. The summed E-state index contributed by atoms with van der Waals surface area (Å²) < 4.78 is 16.0. The van der Waals surface area contributed by atoms with Crippen molar-refractivity contribution in [3.63, 3.8) is 0 Å². The van der Waals surface area contributed by atoms with Crippen LogP contribution in [0.4, 0.5) is 0 Å². The lowest BCUT2D eigenvalue weighted by molar-refractivity contribution is -0.206. The number of nitrogens with two attached hydrogens (primary N) is 1. The summed E-state index contributed by atoms with van der Waals surface area (Å²) in [7, 11) is 0. The molecule has 17 heavy (non-hydrogen) atoms. The van der Waals surface area contributed by atoms with Gasteiger partial charge in [-0.2, -0.15) is 0 Å². The summed E-state index contributed by atoms with van der Waals surface area (Å²) in [6, 6.07) is 0. The molecule has 2 N–H and O–H groups in total. The molecular weight excluding hydrogens is 222 g/mol. The maximum absolute atomic E-state index is 11.8. The van der Waals surface area contributed by atoms with Gasteiger partial charge in [0.2, 0.25) is 0 Å². The van der Waals surface area contributed by atoms with Gasteiger partial charge in [-0.15, -0.1) is 0 Å². The molecule has 0 saturated carbocycles. The first-order valence-electron chi connectivity index (χ1n) is 6.00. The molecule has 0 spiro atoms. The van der Waals surface area contributed by atoms with Crippen LogP contribution < -0.4 is 5.73 Å². The van der Waals surface area contributed by atoms with Gasteiger partial charge in [-0.05, 0) is 33.7 Å². The second-order valence-corrected chi connectivity index (χ2v) is 5.41. The quantitative estimate of drug-likeness (QED) is 0.754. The summed E-state index contributed by atoms with van der Waals surface area (Å²) in [5, 5.41) is 0. The topological polar surface area (TPSA) is 70.8 Å². The Labute approximate surface area is 103 Å². The minimum absolute atomic E-state index is 0.225. The number of hydrogen-bond donors (Lipinski definition) is 1. The smallest absolute Gasteiger partial charge is 0.309 e. The zero-order valence-electron chi connectivity index (χ0n) is 11.0. The van der Waals surface area contributed by atoms with E-state index in [1.165, 1.54) is 0 Å². The molecule has 0 aromatic carbocycles. The van der Waals surface area contributed by atoms with E-state index >= 15 is 0 Å². The number of rotatable bonds is 4. The molecule has 1 aliphatic heterocycles. The van der Waals surface area contributed by atoms with Crippen LogP contribution in [0.2, 0.25) is 0 Å². The van der Waals surface area contributed by atoms with Crippen molar-refractivity contribution < 1.29 is 19.0 Å². The Morgan fingerprint density at radius 1 is 1.47 bits per heavy atom. The van der Waals surface area contributed by atoms with E-state index in [9.17, 15) is 4.79 Å². The highest BCUT2D eigenvalue weighted by Crippen LogP contribution is 2.29. The minimum atomic E-state index is -0.505. The summed E-state index contributed by atoms with van der Waals surface area (Å²) in [5.41, 5.74) is 4.60. The molecule has 0 bridgehead atoms. The lowest BCUT2D eigenvalue weighted by Gasteiger charge is -2.36. The first-order chi connectivity index (χ1) is 7.87. The molecule has 0 radical (unpaired) electrons. The maximum atomic E-state index is 11.8. The van der Waals surface area contributed by atoms with Crippen molar-refractivity contribution in [1.29, 1.82) is 0 Å². The van der Waals surface area contributed by atoms with Crippen LogP contribution in [0.3, 0.4) is 0 Å². The lowest BCUT2D eigenvalue weighted by atomic mass is 9.91. The molecule has 1 atom stereocenters. The molecule has 1 heterocycles. The Balaban J connectivity index is 2.57. The maximum Gasteiger partial charge on any atom is 0.309 e. The second kappa shape index (κ2) is 5.80. The Bertz CT molecular complexity index is 248. The van der Waals surface area contributed by atoms with E-state index < -0.39 is 11.2 Å². The first kappa shape index (κ1) is 14.4. The number of carbonyl (C=O) groups excluding carboxylic acids is 1. The first-order valence-corrected chi connectivity index (χ1v) is 6.00. The highest BCUT2D eigenvalue weighted by atomic mass is 16.7. The van der Waals surface area contributed by atoms with Crippen LogP contribution in [0.1, 0.15) is 40.0 Å². The van der Waals surface area contributed by atoms with E-state index in [-0.39, 0.29) is 19.2 Å². The minimum Gasteiger partial charge on any atom is -0.460 e. The fraction of sp³-hybridized carbons (Fsp3) is 0.917. The third-order valence-corrected chi connectivity index (χ3v) is 2.64. The lowest BCUT2D eigenvalue weighted by Crippen LogP contribution is -2.43. The van der Waals surface area contributed by atoms with Gasteiger partial charge in [0.25, 0.3) is 0 Å². The van der Waals surface area contributed by atoms with Crippen molar-refractivity contribution in [3.05, 3.63) is 0 Å². The molecule has 1 fully saturated rings. The Hall–Kier alpha value is -0.650. The van der Waals surface area contributed by atoms with Gasteiger partial charge in [0.15, 0.2) is 0 Å². The van der Waals surface area contributed by atoms with Gasteiger partial charge in [0.1, 0.15) is 12.4 Å². The summed E-state index contributed by atoms with van der Waals surface area (Å²) in [4.78, 5) is 11.8. The molecule has 0 aromatic rings. The van der Waals surface area contributed by atoms with Crippen LogP contribution in [0.5, 0.6) is 0 Å². The van der Waals surface area contributed by atoms with E-state index in [1.54, 1.807) is 0 Å². The van der Waals surface area contributed by atoms with Crippen molar-refractivity contribution in [2.45, 2.75) is 51.2 Å². The molecule has 1 aliphatic rings. The summed E-state index contributed by atoms with van der Waals surface area (Å²) in [5.74, 6) is -0.243. The predicted octanol–water partition coefficient (Wildman–Crippen LogP) is 1.20. The van der Waals surface area contributed by atoms with Crippen LogP contribution in [0, 0.1) is 0 Å². The van der Waals surface area contributed by atoms with Crippen LogP contribution in [-0.4, -0.2) is 37.1 Å². The molecule has 0 aromatic heterocycles. The average molecular weight is 245 g/mol. The zero-order valence-corrected chi connectivity index (χ0v) is 11.0. The molecular formula is C12H23NO4. The highest BCUT2D eigenvalue weighted by Gasteiger charge is 2.37. The van der Waals surface area contributed by atoms with Crippen molar-refractivity contribution in [2.24, 2.45) is 5.73 Å². The Morgan fingerprint density at radius 3 is 2.65 bits per heavy atom. The van der Waals surface area contributed by atoms with Gasteiger partial charge in [-0.1, -0.05) is 0 Å². The summed E-state index contributed by atoms with van der Waals surface area (Å²) in [6.07, 6.45) is 1.57. The standard InChI is InChI=1S/C12H23NO4/c1-11(2,3)17-10(14)8-12(4-6-13)5-7-15-9-16-12/h4-9,13H2,1-3H3/t12-/m1/s1. The van der Waals surface area contributed by atoms with Crippen molar-refractivity contribution in [1.82, 2.24) is 0 Å².